The average Bonchev–Trinajstić information content (AvgIpc) is 3.04. The van der Waals surface area contributed by atoms with Crippen molar-refractivity contribution in [2.24, 2.45) is 0 Å². The lowest BCUT2D eigenvalue weighted by Crippen LogP contribution is -2.35. The molecule has 4 rings (SSSR count). The van der Waals surface area contributed by atoms with Crippen LogP contribution in [0.4, 0.5) is 11.8 Å². The van der Waals surface area contributed by atoms with Crippen LogP contribution in [0.25, 0.3) is 11.3 Å². The molecule has 7 nitrogen and oxygen atoms in total. The highest BCUT2D eigenvalue weighted by molar-refractivity contribution is 5.71. The summed E-state index contributed by atoms with van der Waals surface area (Å²) in [5, 5.41) is 11.2. The predicted molar refractivity (Wildman–Crippen MR) is 103 cm³/mol. The summed E-state index contributed by atoms with van der Waals surface area (Å²) < 4.78 is 1.80. The van der Waals surface area contributed by atoms with E-state index in [0.29, 0.717) is 24.4 Å². The lowest BCUT2D eigenvalue weighted by molar-refractivity contribution is 0.477. The van der Waals surface area contributed by atoms with E-state index < -0.39 is 0 Å². The molecule has 0 aliphatic carbocycles. The largest absolute Gasteiger partial charge is 0.383 e. The first-order valence-corrected chi connectivity index (χ1v) is 8.95. The van der Waals surface area contributed by atoms with Crippen molar-refractivity contribution in [2.45, 2.75) is 25.4 Å². The topological polar surface area (TPSA) is 93.7 Å². The highest BCUT2D eigenvalue weighted by Gasteiger charge is 2.15. The van der Waals surface area contributed by atoms with Gasteiger partial charge < -0.3 is 16.4 Å². The second-order valence-corrected chi connectivity index (χ2v) is 6.52. The molecule has 1 fully saturated rings. The summed E-state index contributed by atoms with van der Waals surface area (Å²) in [4.78, 5) is 8.99. The zero-order valence-corrected chi connectivity index (χ0v) is 14.6. The molecule has 3 aromatic rings. The van der Waals surface area contributed by atoms with Gasteiger partial charge in [0.1, 0.15) is 5.82 Å². The summed E-state index contributed by atoms with van der Waals surface area (Å²) in [6.45, 7) is 2.69. The first-order chi connectivity index (χ1) is 12.8. The summed E-state index contributed by atoms with van der Waals surface area (Å²) >= 11 is 0. The zero-order valence-electron chi connectivity index (χ0n) is 14.6. The Hall–Kier alpha value is -2.93. The molecule has 0 radical (unpaired) electrons. The third-order valence-electron chi connectivity index (χ3n) is 4.66. The zero-order chi connectivity index (χ0) is 17.8. The molecule has 7 heteroatoms. The molecule has 134 valence electrons. The second kappa shape index (κ2) is 7.53. The van der Waals surface area contributed by atoms with Gasteiger partial charge in [-0.05, 0) is 37.6 Å². The Morgan fingerprint density at radius 2 is 1.96 bits per heavy atom. The molecule has 2 aromatic heterocycles. The van der Waals surface area contributed by atoms with Gasteiger partial charge in [-0.1, -0.05) is 30.3 Å². The average molecular weight is 349 g/mol. The van der Waals surface area contributed by atoms with Crippen LogP contribution in [0.3, 0.4) is 0 Å². The van der Waals surface area contributed by atoms with Gasteiger partial charge in [0, 0.05) is 12.2 Å². The number of aromatic nitrogens is 4. The number of hydrogen-bond donors (Lipinski definition) is 3. The molecule has 0 amide bonds. The number of nitrogens with zero attached hydrogens (tertiary/aromatic N) is 4. The van der Waals surface area contributed by atoms with Crippen LogP contribution in [0.15, 0.2) is 48.8 Å². The van der Waals surface area contributed by atoms with Gasteiger partial charge in [-0.3, -0.25) is 0 Å². The maximum Gasteiger partial charge on any atom is 0.223 e. The van der Waals surface area contributed by atoms with Crippen molar-refractivity contribution < 1.29 is 0 Å². The highest BCUT2D eigenvalue weighted by Crippen LogP contribution is 2.25. The van der Waals surface area contributed by atoms with Crippen molar-refractivity contribution in [1.29, 1.82) is 0 Å². The minimum Gasteiger partial charge on any atom is -0.383 e. The molecule has 0 bridgehead atoms. The van der Waals surface area contributed by atoms with Crippen LogP contribution in [0.2, 0.25) is 0 Å². The summed E-state index contributed by atoms with van der Waals surface area (Å²) in [5.74, 6) is 1.25. The van der Waals surface area contributed by atoms with E-state index in [4.69, 9.17) is 5.73 Å². The minimum absolute atomic E-state index is 0.407. The molecule has 0 saturated carbocycles. The molecule has 0 spiro atoms. The Balaban J connectivity index is 1.53. The van der Waals surface area contributed by atoms with Crippen molar-refractivity contribution >= 4 is 11.8 Å². The molecule has 1 aliphatic rings. The maximum atomic E-state index is 6.33. The number of benzene rings is 1. The van der Waals surface area contributed by atoms with E-state index in [1.54, 1.807) is 17.1 Å². The van der Waals surface area contributed by atoms with E-state index in [1.807, 2.05) is 24.3 Å². The molecule has 0 atom stereocenters. The Kier molecular flexibility index (Phi) is 4.79. The van der Waals surface area contributed by atoms with Gasteiger partial charge in [0.15, 0.2) is 0 Å². The fourth-order valence-electron chi connectivity index (χ4n) is 3.20. The molecule has 4 N–H and O–H groups in total. The number of piperidine rings is 1. The van der Waals surface area contributed by atoms with E-state index in [-0.39, 0.29) is 0 Å². The molecule has 1 aliphatic heterocycles. The van der Waals surface area contributed by atoms with Gasteiger partial charge in [-0.2, -0.15) is 5.10 Å². The van der Waals surface area contributed by atoms with Gasteiger partial charge >= 0.3 is 0 Å². The Bertz CT molecular complexity index is 853. The minimum atomic E-state index is 0.407. The van der Waals surface area contributed by atoms with Crippen LogP contribution in [0.5, 0.6) is 0 Å². The maximum absolute atomic E-state index is 6.33. The van der Waals surface area contributed by atoms with Gasteiger partial charge in [0.05, 0.1) is 24.0 Å². The lowest BCUT2D eigenvalue weighted by atomic mass is 10.1. The first-order valence-electron chi connectivity index (χ1n) is 8.95. The first kappa shape index (κ1) is 16.5. The van der Waals surface area contributed by atoms with Crippen LogP contribution >= 0.6 is 0 Å². The van der Waals surface area contributed by atoms with Gasteiger partial charge in [-0.15, -0.1) is 0 Å². The molecule has 1 aromatic carbocycles. The number of anilines is 2. The van der Waals surface area contributed by atoms with E-state index >= 15 is 0 Å². The number of hydrogen-bond acceptors (Lipinski definition) is 6. The third-order valence-corrected chi connectivity index (χ3v) is 4.66. The summed E-state index contributed by atoms with van der Waals surface area (Å²) in [5.41, 5.74) is 9.10. The summed E-state index contributed by atoms with van der Waals surface area (Å²) in [7, 11) is 0. The third kappa shape index (κ3) is 3.67. The Labute approximate surface area is 152 Å². The number of rotatable bonds is 5. The van der Waals surface area contributed by atoms with Crippen LogP contribution in [-0.2, 0) is 6.54 Å². The summed E-state index contributed by atoms with van der Waals surface area (Å²) in [6, 6.07) is 12.4. The van der Waals surface area contributed by atoms with Gasteiger partial charge in [0.2, 0.25) is 5.95 Å². The second-order valence-electron chi connectivity index (χ2n) is 6.52. The van der Waals surface area contributed by atoms with E-state index in [9.17, 15) is 0 Å². The van der Waals surface area contributed by atoms with E-state index in [2.05, 4.69) is 37.8 Å². The molecular formula is C19H23N7. The van der Waals surface area contributed by atoms with E-state index in [1.165, 1.54) is 0 Å². The normalized spacial score (nSPS) is 15.1. The Morgan fingerprint density at radius 3 is 2.77 bits per heavy atom. The van der Waals surface area contributed by atoms with Crippen LogP contribution in [0.1, 0.15) is 18.4 Å². The summed E-state index contributed by atoms with van der Waals surface area (Å²) in [6.07, 6.45) is 5.68. The van der Waals surface area contributed by atoms with Crippen molar-refractivity contribution in [3.05, 3.63) is 54.4 Å². The fourth-order valence-corrected chi connectivity index (χ4v) is 3.20. The van der Waals surface area contributed by atoms with Crippen molar-refractivity contribution in [3.8, 4) is 11.3 Å². The molecular weight excluding hydrogens is 326 g/mol. The molecule has 26 heavy (non-hydrogen) atoms. The number of nitrogens with two attached hydrogens (primary N) is 1. The molecule has 0 unspecified atom stereocenters. The predicted octanol–water partition coefficient (Wildman–Crippen LogP) is 2.13. The van der Waals surface area contributed by atoms with Crippen molar-refractivity contribution in [2.75, 3.05) is 24.1 Å². The standard InChI is InChI=1S/C19H23N7/c20-18-16(12-23-26(18)13-14-4-2-1-3-5-14)17-8-11-22-19(25-17)24-15-6-9-21-10-7-15/h1-5,8,11-12,15,21H,6-7,9-10,13,20H2,(H,22,24,25). The number of nitrogens with one attached hydrogen (secondary N) is 2. The molecule has 3 heterocycles. The van der Waals surface area contributed by atoms with Crippen LogP contribution in [0, 0.1) is 0 Å². The number of nitrogen functional groups attached to an aromatic ring is 1. The fraction of sp³-hybridized carbons (Fsp3) is 0.316. The van der Waals surface area contributed by atoms with E-state index in [0.717, 1.165) is 42.8 Å². The van der Waals surface area contributed by atoms with Crippen molar-refractivity contribution in [3.63, 3.8) is 0 Å². The lowest BCUT2D eigenvalue weighted by Gasteiger charge is -2.23. The van der Waals surface area contributed by atoms with Gasteiger partial charge in [-0.25, -0.2) is 14.6 Å². The van der Waals surface area contributed by atoms with Crippen molar-refractivity contribution in [1.82, 2.24) is 25.1 Å². The van der Waals surface area contributed by atoms with Crippen LogP contribution in [-0.4, -0.2) is 38.9 Å². The SMILES string of the molecule is Nc1c(-c2ccnc(NC3CCNCC3)n2)cnn1Cc1ccccc1. The van der Waals surface area contributed by atoms with Crippen LogP contribution < -0.4 is 16.4 Å². The highest BCUT2D eigenvalue weighted by atomic mass is 15.3. The quantitative estimate of drug-likeness (QED) is 0.653. The molecule has 1 saturated heterocycles. The van der Waals surface area contributed by atoms with Gasteiger partial charge in [0.25, 0.3) is 0 Å². The monoisotopic (exact) mass is 349 g/mol. The smallest absolute Gasteiger partial charge is 0.223 e. The Morgan fingerprint density at radius 1 is 1.15 bits per heavy atom.